The number of aliphatic hydroxyl groups excluding tert-OH is 1. The van der Waals surface area contributed by atoms with Gasteiger partial charge in [0.05, 0.1) is 12.6 Å². The first-order valence-electron chi connectivity index (χ1n) is 6.97. The van der Waals surface area contributed by atoms with E-state index in [2.05, 4.69) is 17.0 Å². The van der Waals surface area contributed by atoms with Gasteiger partial charge in [-0.05, 0) is 11.1 Å². The zero-order valence-electron chi connectivity index (χ0n) is 11.4. The highest BCUT2D eigenvalue weighted by Gasteiger charge is 2.32. The molecule has 0 amide bonds. The molecule has 0 aromatic heterocycles. The number of nitrogens with zero attached hydrogens (tertiary/aromatic N) is 1. The Morgan fingerprint density at radius 1 is 1.00 bits per heavy atom. The lowest BCUT2D eigenvalue weighted by Crippen LogP contribution is -2.44. The number of morpholine rings is 1. The van der Waals surface area contributed by atoms with E-state index in [1.165, 1.54) is 5.56 Å². The van der Waals surface area contributed by atoms with Crippen molar-refractivity contribution in [3.05, 3.63) is 71.8 Å². The van der Waals surface area contributed by atoms with Crippen molar-refractivity contribution in [3.8, 4) is 0 Å². The molecule has 0 radical (unpaired) electrons. The molecular weight excluding hydrogens is 250 g/mol. The van der Waals surface area contributed by atoms with Gasteiger partial charge >= 0.3 is 0 Å². The highest BCUT2D eigenvalue weighted by atomic mass is 16.6. The van der Waals surface area contributed by atoms with Gasteiger partial charge < -0.3 is 9.84 Å². The largest absolute Gasteiger partial charge is 0.366 e. The molecule has 2 aromatic carbocycles. The van der Waals surface area contributed by atoms with E-state index in [9.17, 15) is 5.11 Å². The molecule has 1 aliphatic heterocycles. The minimum Gasteiger partial charge on any atom is -0.366 e. The second-order valence-electron chi connectivity index (χ2n) is 5.07. The van der Waals surface area contributed by atoms with E-state index in [0.29, 0.717) is 6.61 Å². The Hall–Kier alpha value is -1.68. The second-order valence-corrected chi connectivity index (χ2v) is 5.07. The molecule has 2 unspecified atom stereocenters. The molecule has 0 bridgehead atoms. The van der Waals surface area contributed by atoms with E-state index in [1.54, 1.807) is 0 Å². The molecule has 104 valence electrons. The van der Waals surface area contributed by atoms with Gasteiger partial charge in [0.1, 0.15) is 0 Å². The molecule has 0 saturated carbocycles. The van der Waals surface area contributed by atoms with Crippen molar-refractivity contribution in [2.75, 3.05) is 13.2 Å². The van der Waals surface area contributed by atoms with E-state index >= 15 is 0 Å². The van der Waals surface area contributed by atoms with E-state index < -0.39 is 6.29 Å². The molecule has 2 aromatic rings. The minimum absolute atomic E-state index is 0.106. The average Bonchev–Trinajstić information content (AvgIpc) is 2.49. The number of rotatable bonds is 3. The van der Waals surface area contributed by atoms with Gasteiger partial charge in [-0.2, -0.15) is 0 Å². The van der Waals surface area contributed by atoms with Crippen molar-refractivity contribution >= 4 is 0 Å². The number of aliphatic hydroxyl groups is 1. The maximum absolute atomic E-state index is 10.2. The zero-order valence-corrected chi connectivity index (χ0v) is 11.4. The van der Waals surface area contributed by atoms with Gasteiger partial charge in [-0.15, -0.1) is 0 Å². The maximum atomic E-state index is 10.2. The van der Waals surface area contributed by atoms with Crippen LogP contribution in [0.5, 0.6) is 0 Å². The third kappa shape index (κ3) is 2.90. The van der Waals surface area contributed by atoms with Crippen LogP contribution in [-0.2, 0) is 11.3 Å². The van der Waals surface area contributed by atoms with Gasteiger partial charge in [-0.3, -0.25) is 4.90 Å². The Bertz CT molecular complexity index is 529. The van der Waals surface area contributed by atoms with Gasteiger partial charge in [0.2, 0.25) is 0 Å². The summed E-state index contributed by atoms with van der Waals surface area (Å²) in [4.78, 5) is 2.28. The van der Waals surface area contributed by atoms with Crippen LogP contribution in [0.3, 0.4) is 0 Å². The minimum atomic E-state index is -0.769. The highest BCUT2D eigenvalue weighted by Crippen LogP contribution is 2.29. The van der Waals surface area contributed by atoms with Gasteiger partial charge in [0.25, 0.3) is 0 Å². The van der Waals surface area contributed by atoms with Gasteiger partial charge in [-0.25, -0.2) is 0 Å². The van der Waals surface area contributed by atoms with Gasteiger partial charge in [-0.1, -0.05) is 60.7 Å². The smallest absolute Gasteiger partial charge is 0.174 e. The molecule has 0 aliphatic carbocycles. The lowest BCUT2D eigenvalue weighted by Gasteiger charge is -2.39. The number of ether oxygens (including phenoxy) is 1. The molecule has 0 spiro atoms. The van der Waals surface area contributed by atoms with E-state index in [0.717, 1.165) is 18.7 Å². The summed E-state index contributed by atoms with van der Waals surface area (Å²) in [5.74, 6) is 0. The average molecular weight is 269 g/mol. The first-order valence-corrected chi connectivity index (χ1v) is 6.97. The first kappa shape index (κ1) is 13.3. The third-order valence-electron chi connectivity index (χ3n) is 3.70. The van der Waals surface area contributed by atoms with Gasteiger partial charge in [0.15, 0.2) is 6.29 Å². The number of hydrogen-bond acceptors (Lipinski definition) is 3. The van der Waals surface area contributed by atoms with Crippen LogP contribution in [0.15, 0.2) is 60.7 Å². The molecular formula is C17H19NO2. The Labute approximate surface area is 119 Å². The summed E-state index contributed by atoms with van der Waals surface area (Å²) in [6.45, 7) is 2.21. The normalized spacial score (nSPS) is 23.6. The molecule has 3 rings (SSSR count). The van der Waals surface area contributed by atoms with Crippen LogP contribution in [0.25, 0.3) is 0 Å². The molecule has 3 nitrogen and oxygen atoms in total. The molecule has 3 heteroatoms. The summed E-state index contributed by atoms with van der Waals surface area (Å²) in [5.41, 5.74) is 2.35. The van der Waals surface area contributed by atoms with Crippen LogP contribution in [0.2, 0.25) is 0 Å². The second kappa shape index (κ2) is 6.18. The summed E-state index contributed by atoms with van der Waals surface area (Å²) in [5, 5.41) is 10.2. The predicted molar refractivity (Wildman–Crippen MR) is 78.0 cm³/mol. The van der Waals surface area contributed by atoms with Crippen LogP contribution in [0.4, 0.5) is 0 Å². The molecule has 1 fully saturated rings. The molecule has 20 heavy (non-hydrogen) atoms. The van der Waals surface area contributed by atoms with Crippen LogP contribution >= 0.6 is 0 Å². The lowest BCUT2D eigenvalue weighted by molar-refractivity contribution is -0.184. The molecule has 1 saturated heterocycles. The van der Waals surface area contributed by atoms with Gasteiger partial charge in [0, 0.05) is 13.1 Å². The van der Waals surface area contributed by atoms with Crippen molar-refractivity contribution in [1.29, 1.82) is 0 Å². The van der Waals surface area contributed by atoms with E-state index in [4.69, 9.17) is 4.74 Å². The Morgan fingerprint density at radius 2 is 1.65 bits per heavy atom. The van der Waals surface area contributed by atoms with Crippen molar-refractivity contribution < 1.29 is 9.84 Å². The summed E-state index contributed by atoms with van der Waals surface area (Å²) in [6, 6.07) is 20.3. The fraction of sp³-hybridized carbons (Fsp3) is 0.294. The van der Waals surface area contributed by atoms with Crippen LogP contribution in [0, 0.1) is 0 Å². The van der Waals surface area contributed by atoms with Crippen molar-refractivity contribution in [3.63, 3.8) is 0 Å². The third-order valence-corrected chi connectivity index (χ3v) is 3.70. The number of hydrogen-bond donors (Lipinski definition) is 1. The Morgan fingerprint density at radius 3 is 2.35 bits per heavy atom. The number of benzene rings is 2. The molecule has 1 heterocycles. The first-order chi connectivity index (χ1) is 9.84. The zero-order chi connectivity index (χ0) is 13.8. The Kier molecular flexibility index (Phi) is 4.11. The summed E-state index contributed by atoms with van der Waals surface area (Å²) in [7, 11) is 0. The fourth-order valence-electron chi connectivity index (χ4n) is 2.72. The Balaban J connectivity index is 1.83. The highest BCUT2D eigenvalue weighted by molar-refractivity contribution is 5.21. The van der Waals surface area contributed by atoms with E-state index in [1.807, 2.05) is 48.5 Å². The predicted octanol–water partition coefficient (Wildman–Crippen LogP) is 2.58. The summed E-state index contributed by atoms with van der Waals surface area (Å²) in [6.07, 6.45) is -0.769. The summed E-state index contributed by atoms with van der Waals surface area (Å²) >= 11 is 0. The van der Waals surface area contributed by atoms with Crippen LogP contribution in [0.1, 0.15) is 17.2 Å². The van der Waals surface area contributed by atoms with Crippen molar-refractivity contribution in [2.24, 2.45) is 0 Å². The topological polar surface area (TPSA) is 32.7 Å². The maximum Gasteiger partial charge on any atom is 0.174 e. The molecule has 1 aliphatic rings. The standard InChI is InChI=1S/C17H19NO2/c19-17-16(15-9-5-2-6-10-15)18(11-12-20-17)13-14-7-3-1-4-8-14/h1-10,16-17,19H,11-13H2. The van der Waals surface area contributed by atoms with Crippen molar-refractivity contribution in [1.82, 2.24) is 4.90 Å². The lowest BCUT2D eigenvalue weighted by atomic mass is 10.0. The van der Waals surface area contributed by atoms with Crippen molar-refractivity contribution in [2.45, 2.75) is 18.9 Å². The van der Waals surface area contributed by atoms with E-state index in [-0.39, 0.29) is 6.04 Å². The van der Waals surface area contributed by atoms with Crippen LogP contribution < -0.4 is 0 Å². The SMILES string of the molecule is OC1OCCN(Cc2ccccc2)C1c1ccccc1. The quantitative estimate of drug-likeness (QED) is 0.929. The molecule has 1 N–H and O–H groups in total. The monoisotopic (exact) mass is 269 g/mol. The van der Waals surface area contributed by atoms with Crippen LogP contribution in [-0.4, -0.2) is 29.4 Å². The summed E-state index contributed by atoms with van der Waals surface area (Å²) < 4.78 is 5.43. The fourth-order valence-corrected chi connectivity index (χ4v) is 2.72. The molecule has 2 atom stereocenters.